The Morgan fingerprint density at radius 1 is 1.24 bits per heavy atom. The van der Waals surface area contributed by atoms with Gasteiger partial charge < -0.3 is 9.47 Å². The van der Waals surface area contributed by atoms with E-state index in [1.807, 2.05) is 6.07 Å². The van der Waals surface area contributed by atoms with Gasteiger partial charge in [0.1, 0.15) is 17.6 Å². The van der Waals surface area contributed by atoms with Crippen LogP contribution in [0.2, 0.25) is 0 Å². The minimum atomic E-state index is -0.557. The van der Waals surface area contributed by atoms with Crippen LogP contribution < -0.4 is 9.47 Å². The van der Waals surface area contributed by atoms with Crippen LogP contribution in [0.4, 0.5) is 5.69 Å². The number of methoxy groups -OCH3 is 1. The molecule has 0 saturated heterocycles. The van der Waals surface area contributed by atoms with Gasteiger partial charge >= 0.3 is 5.69 Å². The predicted octanol–water partition coefficient (Wildman–Crippen LogP) is 4.03. The molecule has 0 bridgehead atoms. The van der Waals surface area contributed by atoms with Crippen molar-refractivity contribution in [3.8, 4) is 23.3 Å². The molecule has 21 heavy (non-hydrogen) atoms. The lowest BCUT2D eigenvalue weighted by molar-refractivity contribution is -0.385. The second kappa shape index (κ2) is 6.24. The van der Waals surface area contributed by atoms with Gasteiger partial charge in [-0.2, -0.15) is 5.26 Å². The molecule has 6 nitrogen and oxygen atoms in total. The van der Waals surface area contributed by atoms with E-state index >= 15 is 0 Å². The fourth-order valence-electron chi connectivity index (χ4n) is 1.68. The summed E-state index contributed by atoms with van der Waals surface area (Å²) in [6.45, 7) is 0. The lowest BCUT2D eigenvalue weighted by Crippen LogP contribution is -1.95. The number of halogens is 1. The van der Waals surface area contributed by atoms with E-state index in [0.717, 1.165) is 4.47 Å². The molecule has 0 heterocycles. The van der Waals surface area contributed by atoms with Gasteiger partial charge in [0.25, 0.3) is 0 Å². The van der Waals surface area contributed by atoms with E-state index in [-0.39, 0.29) is 17.2 Å². The zero-order valence-electron chi connectivity index (χ0n) is 10.9. The normalized spacial score (nSPS) is 9.76. The van der Waals surface area contributed by atoms with Gasteiger partial charge in [0.15, 0.2) is 5.75 Å². The molecule has 0 aliphatic heterocycles. The first-order valence-electron chi connectivity index (χ1n) is 5.75. The van der Waals surface area contributed by atoms with Crippen molar-refractivity contribution in [2.45, 2.75) is 0 Å². The number of hydrogen-bond acceptors (Lipinski definition) is 5. The van der Waals surface area contributed by atoms with Crippen molar-refractivity contribution >= 4 is 21.6 Å². The topological polar surface area (TPSA) is 85.4 Å². The molecule has 0 fully saturated rings. The van der Waals surface area contributed by atoms with Crippen molar-refractivity contribution in [1.82, 2.24) is 0 Å². The van der Waals surface area contributed by atoms with Crippen LogP contribution in [0.25, 0.3) is 0 Å². The summed E-state index contributed by atoms with van der Waals surface area (Å²) >= 11 is 3.26. The van der Waals surface area contributed by atoms with Crippen molar-refractivity contribution in [3.63, 3.8) is 0 Å². The maximum atomic E-state index is 11.0. The van der Waals surface area contributed by atoms with Crippen LogP contribution in [0, 0.1) is 21.4 Å². The molecule has 0 saturated carbocycles. The van der Waals surface area contributed by atoms with Crippen LogP contribution in [0.5, 0.6) is 17.2 Å². The van der Waals surface area contributed by atoms with Crippen LogP contribution in [0.3, 0.4) is 0 Å². The molecule has 0 amide bonds. The van der Waals surface area contributed by atoms with Crippen molar-refractivity contribution in [2.75, 3.05) is 7.11 Å². The largest absolute Gasteiger partial charge is 0.490 e. The van der Waals surface area contributed by atoms with Gasteiger partial charge in [0.05, 0.1) is 23.7 Å². The van der Waals surface area contributed by atoms with E-state index in [1.165, 1.54) is 25.3 Å². The van der Waals surface area contributed by atoms with Gasteiger partial charge in [-0.15, -0.1) is 0 Å². The summed E-state index contributed by atoms with van der Waals surface area (Å²) < 4.78 is 11.2. The summed E-state index contributed by atoms with van der Waals surface area (Å²) in [5.74, 6) is 0.713. The number of nitriles is 1. The van der Waals surface area contributed by atoms with Crippen molar-refractivity contribution in [3.05, 3.63) is 56.5 Å². The molecule has 106 valence electrons. The van der Waals surface area contributed by atoms with Crippen molar-refractivity contribution < 1.29 is 14.4 Å². The third-order valence-corrected chi connectivity index (χ3v) is 3.13. The average Bonchev–Trinajstić information content (AvgIpc) is 2.48. The van der Waals surface area contributed by atoms with Gasteiger partial charge in [-0.25, -0.2) is 0 Å². The molecule has 0 atom stereocenters. The number of nitro groups is 1. The maximum absolute atomic E-state index is 11.0. The minimum absolute atomic E-state index is 0.142. The number of hydrogen-bond donors (Lipinski definition) is 0. The highest BCUT2D eigenvalue weighted by atomic mass is 79.9. The van der Waals surface area contributed by atoms with E-state index in [1.54, 1.807) is 18.2 Å². The molecule has 0 spiro atoms. The zero-order chi connectivity index (χ0) is 15.4. The third-order valence-electron chi connectivity index (χ3n) is 2.64. The van der Waals surface area contributed by atoms with Crippen LogP contribution in [0.15, 0.2) is 40.9 Å². The number of rotatable bonds is 4. The fraction of sp³-hybridized carbons (Fsp3) is 0.0714. The first-order chi connectivity index (χ1) is 10.0. The molecule has 0 unspecified atom stereocenters. The summed E-state index contributed by atoms with van der Waals surface area (Å²) in [7, 11) is 1.35. The Balaban J connectivity index is 2.39. The molecular weight excluding hydrogens is 340 g/mol. The minimum Gasteiger partial charge on any atom is -0.490 e. The molecule has 0 N–H and O–H groups in total. The molecular formula is C14H9BrN2O4. The molecule has 2 rings (SSSR count). The Morgan fingerprint density at radius 2 is 1.95 bits per heavy atom. The number of nitro benzene ring substituents is 1. The number of nitrogens with zero attached hydrogens (tertiary/aromatic N) is 2. The first kappa shape index (κ1) is 14.8. The predicted molar refractivity (Wildman–Crippen MR) is 78.6 cm³/mol. The lowest BCUT2D eigenvalue weighted by Gasteiger charge is -2.09. The van der Waals surface area contributed by atoms with Crippen molar-refractivity contribution in [1.29, 1.82) is 5.26 Å². The monoisotopic (exact) mass is 348 g/mol. The molecule has 0 aliphatic carbocycles. The highest BCUT2D eigenvalue weighted by molar-refractivity contribution is 9.10. The Hall–Kier alpha value is -2.59. The van der Waals surface area contributed by atoms with Crippen LogP contribution in [-0.2, 0) is 0 Å². The summed E-state index contributed by atoms with van der Waals surface area (Å²) in [5.41, 5.74) is 0.119. The quantitative estimate of drug-likeness (QED) is 0.614. The van der Waals surface area contributed by atoms with E-state index < -0.39 is 4.92 Å². The SMILES string of the molecule is COc1ccc(Oc2ccc(Br)cc2C#N)cc1[N+](=O)[O-]. The Bertz CT molecular complexity index is 740. The first-order valence-corrected chi connectivity index (χ1v) is 6.54. The second-order valence-corrected chi connectivity index (χ2v) is 4.86. The van der Waals surface area contributed by atoms with Gasteiger partial charge in [-0.05, 0) is 30.3 Å². The molecule has 2 aromatic rings. The third kappa shape index (κ3) is 3.30. The Labute approximate surface area is 128 Å². The van der Waals surface area contributed by atoms with Gasteiger partial charge in [-0.3, -0.25) is 10.1 Å². The molecule has 0 aromatic heterocycles. The van der Waals surface area contributed by atoms with Crippen LogP contribution >= 0.6 is 15.9 Å². The fourth-order valence-corrected chi connectivity index (χ4v) is 2.04. The zero-order valence-corrected chi connectivity index (χ0v) is 12.5. The Morgan fingerprint density at radius 3 is 2.57 bits per heavy atom. The van der Waals surface area contributed by atoms with E-state index in [4.69, 9.17) is 14.7 Å². The summed E-state index contributed by atoms with van der Waals surface area (Å²) in [6.07, 6.45) is 0. The lowest BCUT2D eigenvalue weighted by atomic mass is 10.2. The van der Waals surface area contributed by atoms with E-state index in [9.17, 15) is 10.1 Å². The van der Waals surface area contributed by atoms with Gasteiger partial charge in [-0.1, -0.05) is 15.9 Å². The smallest absolute Gasteiger partial charge is 0.314 e. The Kier molecular flexibility index (Phi) is 4.40. The molecule has 7 heteroatoms. The van der Waals surface area contributed by atoms with Gasteiger partial charge in [0, 0.05) is 4.47 Å². The number of benzene rings is 2. The van der Waals surface area contributed by atoms with Crippen LogP contribution in [0.1, 0.15) is 5.56 Å². The van der Waals surface area contributed by atoms with Crippen molar-refractivity contribution in [2.24, 2.45) is 0 Å². The standard InChI is InChI=1S/C14H9BrN2O4/c1-20-14-5-3-11(7-12(14)17(18)19)21-13-4-2-10(15)6-9(13)8-16/h2-7H,1H3. The number of ether oxygens (including phenoxy) is 2. The summed E-state index contributed by atoms with van der Waals surface area (Å²) in [4.78, 5) is 10.4. The molecule has 0 aliphatic rings. The second-order valence-electron chi connectivity index (χ2n) is 3.95. The molecule has 2 aromatic carbocycles. The van der Waals surface area contributed by atoms with Crippen LogP contribution in [-0.4, -0.2) is 12.0 Å². The summed E-state index contributed by atoms with van der Waals surface area (Å²) in [6, 6.07) is 11.2. The summed E-state index contributed by atoms with van der Waals surface area (Å²) in [5, 5.41) is 20.0. The highest BCUT2D eigenvalue weighted by Gasteiger charge is 2.16. The highest BCUT2D eigenvalue weighted by Crippen LogP contribution is 2.34. The average molecular weight is 349 g/mol. The van der Waals surface area contributed by atoms with Gasteiger partial charge in [0.2, 0.25) is 0 Å². The van der Waals surface area contributed by atoms with E-state index in [2.05, 4.69) is 15.9 Å². The maximum Gasteiger partial charge on any atom is 0.314 e. The van der Waals surface area contributed by atoms with E-state index in [0.29, 0.717) is 11.3 Å². The molecule has 0 radical (unpaired) electrons.